The average molecular weight is 541 g/mol. The molecule has 1 saturated heterocycles. The van der Waals surface area contributed by atoms with Crippen LogP contribution in [0.3, 0.4) is 0 Å². The maximum atomic E-state index is 12.0. The molecule has 0 aliphatic carbocycles. The Morgan fingerprint density at radius 3 is 2.26 bits per heavy atom. The second kappa shape index (κ2) is 9.32. The molecule has 4 rings (SSSR count). The first kappa shape index (κ1) is 23.8. The lowest BCUT2D eigenvalue weighted by atomic mass is 10.0. The van der Waals surface area contributed by atoms with Crippen molar-refractivity contribution in [1.29, 1.82) is 0 Å². The molecule has 1 atom stereocenters. The van der Waals surface area contributed by atoms with E-state index < -0.39 is 15.7 Å². The van der Waals surface area contributed by atoms with Gasteiger partial charge in [0.05, 0.1) is 16.5 Å². The molecule has 1 fully saturated rings. The lowest BCUT2D eigenvalue weighted by molar-refractivity contribution is 0.0766. The molecule has 1 aliphatic rings. The Kier molecular flexibility index (Phi) is 7.14. The zero-order chi connectivity index (χ0) is 21.4. The zero-order valence-electron chi connectivity index (χ0n) is 16.1. The van der Waals surface area contributed by atoms with Gasteiger partial charge in [0.1, 0.15) is 4.90 Å². The van der Waals surface area contributed by atoms with Gasteiger partial charge in [0.25, 0.3) is 0 Å². The lowest BCUT2D eigenvalue weighted by Crippen LogP contribution is -2.45. The number of primary sulfonamides is 1. The molecule has 162 valence electrons. The number of hydrogen-bond donors (Lipinski definition) is 2. The van der Waals surface area contributed by atoms with E-state index in [4.69, 9.17) is 21.7 Å². The van der Waals surface area contributed by atoms with Crippen LogP contribution in [0.2, 0.25) is 5.02 Å². The van der Waals surface area contributed by atoms with Gasteiger partial charge in [-0.2, -0.15) is 0 Å². The number of para-hydroxylation sites is 2. The molecule has 3 N–H and O–H groups in total. The molecule has 3 aromatic carbocycles. The highest BCUT2D eigenvalue weighted by Gasteiger charge is 2.46. The maximum absolute atomic E-state index is 12.0. The van der Waals surface area contributed by atoms with Crippen LogP contribution in [0.4, 0.5) is 11.4 Å². The van der Waals surface area contributed by atoms with Gasteiger partial charge in [0.15, 0.2) is 10.9 Å². The number of amidine groups is 1. The fourth-order valence-electron chi connectivity index (χ4n) is 3.23. The molecule has 1 aliphatic heterocycles. The minimum absolute atomic E-state index is 0. The molecule has 6 nitrogen and oxygen atoms in total. The van der Waals surface area contributed by atoms with E-state index in [0.717, 1.165) is 5.69 Å². The smallest absolute Gasteiger partial charge is 0.239 e. The molecular weight excluding hydrogens is 522 g/mol. The second-order valence-corrected chi connectivity index (χ2v) is 9.58. The van der Waals surface area contributed by atoms with Crippen LogP contribution in [0.25, 0.3) is 0 Å². The number of halogens is 2. The average Bonchev–Trinajstić information content (AvgIpc) is 3.06. The predicted molar refractivity (Wildman–Crippen MR) is 132 cm³/mol. The van der Waals surface area contributed by atoms with Gasteiger partial charge < -0.3 is 5.11 Å². The molecule has 1 heterocycles. The van der Waals surface area contributed by atoms with Crippen molar-refractivity contribution in [3.05, 3.63) is 89.4 Å². The molecule has 0 saturated carbocycles. The van der Waals surface area contributed by atoms with Crippen LogP contribution in [0.5, 0.6) is 0 Å². The van der Waals surface area contributed by atoms with Crippen LogP contribution in [-0.4, -0.2) is 24.4 Å². The van der Waals surface area contributed by atoms with Crippen LogP contribution < -0.4 is 10.0 Å². The summed E-state index contributed by atoms with van der Waals surface area (Å²) in [5.74, 6) is 0.235. The van der Waals surface area contributed by atoms with Crippen LogP contribution >= 0.6 is 40.3 Å². The first-order valence-corrected chi connectivity index (χ1v) is 11.9. The number of benzene rings is 3. The molecule has 31 heavy (non-hydrogen) atoms. The highest BCUT2D eigenvalue weighted by molar-refractivity contribution is 8.93. The van der Waals surface area contributed by atoms with Gasteiger partial charge in [-0.25, -0.2) is 18.5 Å². The Hall–Kier alpha value is -1.88. The molecule has 10 heteroatoms. The van der Waals surface area contributed by atoms with Gasteiger partial charge in [0, 0.05) is 11.3 Å². The molecule has 0 aromatic heterocycles. The van der Waals surface area contributed by atoms with Crippen LogP contribution in [0, 0.1) is 0 Å². The number of rotatable bonds is 4. The Labute approximate surface area is 200 Å². The monoisotopic (exact) mass is 539 g/mol. The van der Waals surface area contributed by atoms with E-state index in [1.54, 1.807) is 11.0 Å². The molecule has 0 radical (unpaired) electrons. The van der Waals surface area contributed by atoms with E-state index in [-0.39, 0.29) is 32.7 Å². The predicted octanol–water partition coefficient (Wildman–Crippen LogP) is 4.65. The minimum atomic E-state index is -4.06. The summed E-state index contributed by atoms with van der Waals surface area (Å²) in [6, 6.07) is 23.1. The minimum Gasteiger partial charge on any atom is -0.366 e. The van der Waals surface area contributed by atoms with E-state index in [9.17, 15) is 13.5 Å². The molecule has 0 spiro atoms. The summed E-state index contributed by atoms with van der Waals surface area (Å²) in [5.41, 5.74) is 0.257. The van der Waals surface area contributed by atoms with E-state index in [1.165, 1.54) is 23.9 Å². The Balaban J connectivity index is 0.00000272. The quantitative estimate of drug-likeness (QED) is 0.502. The van der Waals surface area contributed by atoms with Crippen LogP contribution in [0.1, 0.15) is 5.56 Å². The summed E-state index contributed by atoms with van der Waals surface area (Å²) >= 11 is 7.41. The fraction of sp³-hybridized carbons (Fsp3) is 0.0952. The number of nitrogens with zero attached hydrogens (tertiary/aromatic N) is 2. The van der Waals surface area contributed by atoms with E-state index >= 15 is 0 Å². The van der Waals surface area contributed by atoms with Gasteiger partial charge in [-0.1, -0.05) is 65.8 Å². The summed E-state index contributed by atoms with van der Waals surface area (Å²) in [6.07, 6.45) is 0. The van der Waals surface area contributed by atoms with E-state index in [1.807, 2.05) is 60.7 Å². The first-order chi connectivity index (χ1) is 14.3. The number of thioether (sulfide) groups is 1. The van der Waals surface area contributed by atoms with Crippen molar-refractivity contribution in [3.8, 4) is 0 Å². The number of nitrogens with two attached hydrogens (primary N) is 1. The van der Waals surface area contributed by atoms with Crippen molar-refractivity contribution in [2.24, 2.45) is 10.1 Å². The highest BCUT2D eigenvalue weighted by Crippen LogP contribution is 2.44. The van der Waals surface area contributed by atoms with Crippen molar-refractivity contribution in [1.82, 2.24) is 0 Å². The number of aliphatic imine (C=N–C) groups is 1. The molecule has 0 bridgehead atoms. The topological polar surface area (TPSA) is 96.0 Å². The Bertz CT molecular complexity index is 1210. The van der Waals surface area contributed by atoms with Crippen molar-refractivity contribution >= 4 is 66.9 Å². The van der Waals surface area contributed by atoms with Crippen molar-refractivity contribution in [2.75, 3.05) is 10.7 Å². The number of sulfonamides is 1. The largest absolute Gasteiger partial charge is 0.366 e. The first-order valence-electron chi connectivity index (χ1n) is 8.96. The summed E-state index contributed by atoms with van der Waals surface area (Å²) in [6.45, 7) is 0. The number of hydrogen-bond acceptors (Lipinski definition) is 5. The standard InChI is InChI=1S/C21H18ClN3O3S2.BrH/c22-18-12-11-15(13-19(18)30(23,27)28)21(26)14-29-20(24-16-7-3-1-4-8-16)25(21)17-9-5-2-6-10-17;/h1-13,26H,14H2,(H2,23,27,28);1H. The molecule has 3 aromatic rings. The Morgan fingerprint density at radius 2 is 1.65 bits per heavy atom. The summed E-state index contributed by atoms with van der Waals surface area (Å²) in [4.78, 5) is 6.16. The second-order valence-electron chi connectivity index (χ2n) is 6.70. The lowest BCUT2D eigenvalue weighted by Gasteiger charge is -2.34. The third-order valence-corrected chi connectivity index (χ3v) is 7.13. The zero-order valence-corrected chi connectivity index (χ0v) is 20.2. The van der Waals surface area contributed by atoms with Gasteiger partial charge in [-0.15, -0.1) is 17.0 Å². The normalized spacial score (nSPS) is 20.0. The van der Waals surface area contributed by atoms with Crippen molar-refractivity contribution in [3.63, 3.8) is 0 Å². The van der Waals surface area contributed by atoms with Crippen LogP contribution in [0.15, 0.2) is 88.8 Å². The summed E-state index contributed by atoms with van der Waals surface area (Å²) < 4.78 is 23.9. The van der Waals surface area contributed by atoms with Crippen molar-refractivity contribution < 1.29 is 13.5 Å². The van der Waals surface area contributed by atoms with E-state index in [0.29, 0.717) is 16.4 Å². The van der Waals surface area contributed by atoms with E-state index in [2.05, 4.69) is 0 Å². The molecular formula is C21H19BrClN3O3S2. The Morgan fingerprint density at radius 1 is 1.03 bits per heavy atom. The SMILES string of the molecule is Br.NS(=O)(=O)c1cc(C2(O)CSC(=Nc3ccccc3)N2c2ccccc2)ccc1Cl. The van der Waals surface area contributed by atoms with Gasteiger partial charge in [-0.05, 0) is 36.4 Å². The van der Waals surface area contributed by atoms with Crippen molar-refractivity contribution in [2.45, 2.75) is 10.6 Å². The number of aliphatic hydroxyl groups is 1. The molecule has 1 unspecified atom stereocenters. The molecule has 0 amide bonds. The van der Waals surface area contributed by atoms with Gasteiger partial charge in [-0.3, -0.25) is 4.90 Å². The third-order valence-electron chi connectivity index (χ3n) is 4.66. The fourth-order valence-corrected chi connectivity index (χ4v) is 5.48. The summed E-state index contributed by atoms with van der Waals surface area (Å²) in [7, 11) is -4.06. The van der Waals surface area contributed by atoms with Gasteiger partial charge in [0.2, 0.25) is 10.0 Å². The summed E-state index contributed by atoms with van der Waals surface area (Å²) in [5, 5.41) is 17.6. The number of anilines is 1. The maximum Gasteiger partial charge on any atom is 0.239 e. The third kappa shape index (κ3) is 4.82. The van der Waals surface area contributed by atoms with Crippen LogP contribution in [-0.2, 0) is 15.7 Å². The highest BCUT2D eigenvalue weighted by atomic mass is 79.9. The van der Waals surface area contributed by atoms with Gasteiger partial charge >= 0.3 is 0 Å².